The molecule has 0 aromatic rings. The summed E-state index contributed by atoms with van der Waals surface area (Å²) in [4.78, 5) is 0. The van der Waals surface area contributed by atoms with Crippen molar-refractivity contribution >= 4 is 7.12 Å². The van der Waals surface area contributed by atoms with Gasteiger partial charge in [-0.15, -0.1) is 0 Å². The van der Waals surface area contributed by atoms with Crippen molar-refractivity contribution < 1.29 is 9.31 Å². The van der Waals surface area contributed by atoms with Crippen molar-refractivity contribution in [2.45, 2.75) is 117 Å². The summed E-state index contributed by atoms with van der Waals surface area (Å²) < 4.78 is 12.2. The normalized spacial score (nSPS) is 20.3. The van der Waals surface area contributed by atoms with E-state index in [1.165, 1.54) is 63.4 Å². The minimum Gasteiger partial charge on any atom is -0.400 e. The molecule has 1 rings (SSSR count). The molecule has 1 heterocycles. The third kappa shape index (κ3) is 7.01. The van der Waals surface area contributed by atoms with Crippen LogP contribution in [0.2, 0.25) is 0 Å². The largest absolute Gasteiger partial charge is 0.487 e. The van der Waals surface area contributed by atoms with Gasteiger partial charge >= 0.3 is 7.12 Å². The van der Waals surface area contributed by atoms with Gasteiger partial charge in [-0.3, -0.25) is 0 Å². The summed E-state index contributed by atoms with van der Waals surface area (Å²) in [6, 6.07) is 0. The van der Waals surface area contributed by atoms with Crippen LogP contribution in [0.4, 0.5) is 0 Å². The predicted octanol–water partition coefficient (Wildman–Crippen LogP) is 6.49. The van der Waals surface area contributed by atoms with E-state index in [2.05, 4.69) is 47.5 Å². The van der Waals surface area contributed by atoms with Crippen LogP contribution in [0.1, 0.15) is 106 Å². The van der Waals surface area contributed by atoms with Crippen molar-refractivity contribution in [1.29, 1.82) is 0 Å². The third-order valence-corrected chi connectivity index (χ3v) is 5.45. The first kappa shape index (κ1) is 20.8. The molecule has 2 nitrogen and oxygen atoms in total. The SMILES string of the molecule is CCCCCCCCCC/C(=C\B1OC(C)(C)C(C)(C)O1)CC. The summed E-state index contributed by atoms with van der Waals surface area (Å²) in [6.07, 6.45) is 13.3. The van der Waals surface area contributed by atoms with E-state index in [0.717, 1.165) is 6.42 Å². The van der Waals surface area contributed by atoms with Gasteiger partial charge in [0, 0.05) is 0 Å². The minimum absolute atomic E-state index is 0.177. The molecule has 0 aromatic carbocycles. The molecular weight excluding hydrogens is 283 g/mol. The Hall–Kier alpha value is -0.275. The van der Waals surface area contributed by atoms with Crippen molar-refractivity contribution in [2.75, 3.05) is 0 Å². The Morgan fingerprint density at radius 1 is 0.783 bits per heavy atom. The fourth-order valence-electron chi connectivity index (χ4n) is 3.01. The quantitative estimate of drug-likeness (QED) is 0.320. The highest BCUT2D eigenvalue weighted by atomic mass is 16.7. The Morgan fingerprint density at radius 3 is 1.74 bits per heavy atom. The zero-order chi connectivity index (χ0) is 17.3. The smallest absolute Gasteiger partial charge is 0.400 e. The molecule has 1 fully saturated rings. The molecule has 0 aromatic heterocycles. The van der Waals surface area contributed by atoms with Crippen molar-refractivity contribution in [3.63, 3.8) is 0 Å². The van der Waals surface area contributed by atoms with Crippen LogP contribution in [-0.4, -0.2) is 18.3 Å². The predicted molar refractivity (Wildman–Crippen MR) is 102 cm³/mol. The lowest BCUT2D eigenvalue weighted by molar-refractivity contribution is 0.00578. The van der Waals surface area contributed by atoms with Gasteiger partial charge in [-0.2, -0.15) is 0 Å². The topological polar surface area (TPSA) is 18.5 Å². The number of rotatable bonds is 11. The van der Waals surface area contributed by atoms with Gasteiger partial charge < -0.3 is 9.31 Å². The van der Waals surface area contributed by atoms with Crippen LogP contribution in [-0.2, 0) is 9.31 Å². The molecule has 0 N–H and O–H groups in total. The van der Waals surface area contributed by atoms with Gasteiger partial charge in [0.25, 0.3) is 0 Å². The number of hydrogen-bond donors (Lipinski definition) is 0. The van der Waals surface area contributed by atoms with Gasteiger partial charge in [-0.1, -0.05) is 70.3 Å². The summed E-state index contributed by atoms with van der Waals surface area (Å²) in [7, 11) is -0.177. The Bertz CT molecular complexity index is 345. The fraction of sp³-hybridized carbons (Fsp3) is 0.900. The molecule has 0 aliphatic carbocycles. The van der Waals surface area contributed by atoms with Gasteiger partial charge in [-0.25, -0.2) is 0 Å². The summed E-state index contributed by atoms with van der Waals surface area (Å²) in [6.45, 7) is 13.0. The first-order valence-corrected chi connectivity index (χ1v) is 9.87. The van der Waals surface area contributed by atoms with Crippen LogP contribution < -0.4 is 0 Å². The molecule has 0 radical (unpaired) electrons. The van der Waals surface area contributed by atoms with Crippen LogP contribution in [0.25, 0.3) is 0 Å². The summed E-state index contributed by atoms with van der Waals surface area (Å²) in [5, 5.41) is 0. The van der Waals surface area contributed by atoms with E-state index < -0.39 is 0 Å². The third-order valence-electron chi connectivity index (χ3n) is 5.45. The molecule has 1 saturated heterocycles. The second kappa shape index (κ2) is 9.88. The summed E-state index contributed by atoms with van der Waals surface area (Å²) in [5.41, 5.74) is 1.02. The van der Waals surface area contributed by atoms with E-state index in [0.29, 0.717) is 0 Å². The van der Waals surface area contributed by atoms with Crippen LogP contribution in [0.5, 0.6) is 0 Å². The van der Waals surface area contributed by atoms with E-state index in [-0.39, 0.29) is 18.3 Å². The number of unbranched alkanes of at least 4 members (excludes halogenated alkanes) is 7. The van der Waals surface area contributed by atoms with E-state index in [9.17, 15) is 0 Å². The molecule has 1 aliphatic heterocycles. The van der Waals surface area contributed by atoms with E-state index in [4.69, 9.17) is 9.31 Å². The van der Waals surface area contributed by atoms with Gasteiger partial charge in [0.05, 0.1) is 11.2 Å². The molecule has 1 aliphatic rings. The monoisotopic (exact) mass is 322 g/mol. The van der Waals surface area contributed by atoms with Gasteiger partial charge in [-0.05, 0) is 47.0 Å². The van der Waals surface area contributed by atoms with Crippen molar-refractivity contribution in [3.05, 3.63) is 11.5 Å². The lowest BCUT2D eigenvalue weighted by Crippen LogP contribution is -2.41. The fourth-order valence-corrected chi connectivity index (χ4v) is 3.01. The second-order valence-electron chi connectivity index (χ2n) is 8.03. The van der Waals surface area contributed by atoms with Crippen LogP contribution in [0.3, 0.4) is 0 Å². The van der Waals surface area contributed by atoms with Crippen molar-refractivity contribution in [3.8, 4) is 0 Å². The Morgan fingerprint density at radius 2 is 1.26 bits per heavy atom. The average Bonchev–Trinajstić information content (AvgIpc) is 2.67. The van der Waals surface area contributed by atoms with Crippen LogP contribution >= 0.6 is 0 Å². The first-order valence-electron chi connectivity index (χ1n) is 9.87. The Kier molecular flexibility index (Phi) is 8.93. The highest BCUT2D eigenvalue weighted by Gasteiger charge is 2.50. The highest BCUT2D eigenvalue weighted by Crippen LogP contribution is 2.37. The van der Waals surface area contributed by atoms with Gasteiger partial charge in [0.1, 0.15) is 0 Å². The lowest BCUT2D eigenvalue weighted by Gasteiger charge is -2.32. The molecule has 0 bridgehead atoms. The van der Waals surface area contributed by atoms with Crippen LogP contribution in [0.15, 0.2) is 11.5 Å². The lowest BCUT2D eigenvalue weighted by atomic mass is 9.85. The van der Waals surface area contributed by atoms with E-state index in [1.54, 1.807) is 0 Å². The summed E-state index contributed by atoms with van der Waals surface area (Å²) >= 11 is 0. The molecule has 0 spiro atoms. The molecule has 0 unspecified atom stereocenters. The number of allylic oxidation sites excluding steroid dienone is 1. The van der Waals surface area contributed by atoms with Gasteiger partial charge in [0.2, 0.25) is 0 Å². The van der Waals surface area contributed by atoms with Crippen LogP contribution in [0, 0.1) is 0 Å². The zero-order valence-electron chi connectivity index (χ0n) is 16.5. The van der Waals surface area contributed by atoms with Gasteiger partial charge in [0.15, 0.2) is 0 Å². The summed E-state index contributed by atoms with van der Waals surface area (Å²) in [5.74, 6) is 2.22. The minimum atomic E-state index is -0.231. The average molecular weight is 322 g/mol. The molecule has 134 valence electrons. The molecule has 3 heteroatoms. The van der Waals surface area contributed by atoms with Crippen molar-refractivity contribution in [1.82, 2.24) is 0 Å². The molecule has 23 heavy (non-hydrogen) atoms. The highest BCUT2D eigenvalue weighted by molar-refractivity contribution is 6.51. The zero-order valence-corrected chi connectivity index (χ0v) is 16.5. The first-order chi connectivity index (χ1) is 10.8. The van der Waals surface area contributed by atoms with E-state index in [1.807, 2.05) is 0 Å². The molecule has 0 atom stereocenters. The molecule has 0 amide bonds. The Labute approximate surface area is 145 Å². The molecular formula is C20H39BO2. The number of hydrogen-bond acceptors (Lipinski definition) is 2. The maximum Gasteiger partial charge on any atom is 0.487 e. The van der Waals surface area contributed by atoms with E-state index >= 15 is 0 Å². The second-order valence-corrected chi connectivity index (χ2v) is 8.03. The Balaban J connectivity index is 2.27. The maximum absolute atomic E-state index is 6.08. The molecule has 0 saturated carbocycles. The maximum atomic E-state index is 6.08. The van der Waals surface area contributed by atoms with Crippen molar-refractivity contribution in [2.24, 2.45) is 0 Å². The standard InChI is InChI=1S/C20H39BO2/c1-7-9-10-11-12-13-14-15-16-18(8-2)17-21-22-19(3,4)20(5,6)23-21/h17H,7-16H2,1-6H3/b18-17-.